The van der Waals surface area contributed by atoms with Crippen molar-refractivity contribution < 1.29 is 9.15 Å². The Morgan fingerprint density at radius 3 is 3.00 bits per heavy atom. The molecule has 0 radical (unpaired) electrons. The summed E-state index contributed by atoms with van der Waals surface area (Å²) in [4.78, 5) is 14.8. The summed E-state index contributed by atoms with van der Waals surface area (Å²) >= 11 is 2.03. The van der Waals surface area contributed by atoms with Gasteiger partial charge in [-0.05, 0) is 53.1 Å². The molecule has 0 N–H and O–H groups in total. The molecule has 0 saturated carbocycles. The Hall–Kier alpha value is -0.920. The molecule has 0 aliphatic carbocycles. The lowest BCUT2D eigenvalue weighted by Crippen LogP contribution is -2.36. The minimum atomic E-state index is 0.0630. The molecule has 2 aliphatic heterocycles. The first-order chi connectivity index (χ1) is 10.1. The molecule has 110 valence electrons. The fourth-order valence-electron chi connectivity index (χ4n) is 3.47. The van der Waals surface area contributed by atoms with Crippen molar-refractivity contribution in [2.75, 3.05) is 13.2 Å². The van der Waals surface area contributed by atoms with Gasteiger partial charge in [-0.2, -0.15) is 0 Å². The molecule has 4 nitrogen and oxygen atoms in total. The van der Waals surface area contributed by atoms with Crippen molar-refractivity contribution in [3.05, 3.63) is 43.3 Å². The predicted octanol–water partition coefficient (Wildman–Crippen LogP) is 2.68. The summed E-state index contributed by atoms with van der Waals surface area (Å²) < 4.78 is 11.9. The second-order valence-corrected chi connectivity index (χ2v) is 7.14. The fraction of sp³-hybridized carbons (Fsp3) is 0.438. The number of nitrogens with zero attached hydrogens (tertiary/aromatic N) is 1. The van der Waals surface area contributed by atoms with Gasteiger partial charge in [-0.25, -0.2) is 0 Å². The van der Waals surface area contributed by atoms with Crippen molar-refractivity contribution >= 4 is 33.6 Å². The van der Waals surface area contributed by atoms with Crippen LogP contribution < -0.4 is 5.43 Å². The zero-order valence-electron chi connectivity index (χ0n) is 11.8. The summed E-state index contributed by atoms with van der Waals surface area (Å²) in [5.41, 5.74) is 2.97. The summed E-state index contributed by atoms with van der Waals surface area (Å²) in [5.74, 6) is 0. The van der Waals surface area contributed by atoms with Gasteiger partial charge in [-0.3, -0.25) is 9.69 Å². The Morgan fingerprint density at radius 2 is 2.29 bits per heavy atom. The monoisotopic (exact) mass is 397 g/mol. The first kappa shape index (κ1) is 13.7. The third kappa shape index (κ3) is 2.31. The average Bonchev–Trinajstić information content (AvgIpc) is 3.06. The lowest BCUT2D eigenvalue weighted by atomic mass is 10.1. The maximum absolute atomic E-state index is 12.3. The van der Waals surface area contributed by atoms with Gasteiger partial charge in [0.1, 0.15) is 11.8 Å². The molecular formula is C16H16INO3. The lowest BCUT2D eigenvalue weighted by Gasteiger charge is -2.26. The zero-order valence-corrected chi connectivity index (χ0v) is 13.9. The second kappa shape index (κ2) is 5.07. The third-order valence-electron chi connectivity index (χ3n) is 4.48. The lowest BCUT2D eigenvalue weighted by molar-refractivity contribution is 0.0273. The summed E-state index contributed by atoms with van der Waals surface area (Å²) in [6, 6.07) is 4.66. The fourth-order valence-corrected chi connectivity index (χ4v) is 3.88. The van der Waals surface area contributed by atoms with Crippen molar-refractivity contribution in [2.45, 2.75) is 32.0 Å². The molecule has 0 spiro atoms. The van der Waals surface area contributed by atoms with Crippen LogP contribution in [0.3, 0.4) is 0 Å². The van der Waals surface area contributed by atoms with Gasteiger partial charge in [0.25, 0.3) is 0 Å². The molecule has 1 aromatic heterocycles. The molecule has 1 aromatic carbocycles. The minimum Gasteiger partial charge on any atom is -0.463 e. The molecule has 4 rings (SSSR count). The maximum Gasteiger partial charge on any atom is 0.206 e. The van der Waals surface area contributed by atoms with Crippen LogP contribution in [0.25, 0.3) is 11.0 Å². The highest BCUT2D eigenvalue weighted by Crippen LogP contribution is 2.30. The molecule has 2 bridgehead atoms. The highest BCUT2D eigenvalue weighted by molar-refractivity contribution is 14.1. The van der Waals surface area contributed by atoms with E-state index in [1.165, 1.54) is 11.8 Å². The number of halogens is 1. The van der Waals surface area contributed by atoms with Gasteiger partial charge in [-0.1, -0.05) is 6.07 Å². The molecule has 2 aliphatic rings. The van der Waals surface area contributed by atoms with Crippen LogP contribution >= 0.6 is 22.6 Å². The Labute approximate surface area is 136 Å². The standard InChI is InChI=1S/C16H16INO3/c1-9-2-10(5-18-6-12-4-11(18)7-20-12)3-13-15(19)14(17)8-21-16(9)13/h2-3,8,11-12H,4-7H2,1H3/t11-,12-/m0/s1. The number of morpholine rings is 1. The number of hydrogen-bond acceptors (Lipinski definition) is 4. The van der Waals surface area contributed by atoms with Gasteiger partial charge >= 0.3 is 0 Å². The molecule has 0 unspecified atom stereocenters. The number of rotatable bonds is 2. The van der Waals surface area contributed by atoms with Crippen molar-refractivity contribution in [1.82, 2.24) is 4.90 Å². The summed E-state index contributed by atoms with van der Waals surface area (Å²) in [6.07, 6.45) is 3.09. The molecule has 2 atom stereocenters. The van der Waals surface area contributed by atoms with E-state index >= 15 is 0 Å². The number of benzene rings is 1. The quantitative estimate of drug-likeness (QED) is 0.731. The second-order valence-electron chi connectivity index (χ2n) is 5.98. The van der Waals surface area contributed by atoms with E-state index < -0.39 is 0 Å². The average molecular weight is 397 g/mol. The van der Waals surface area contributed by atoms with E-state index in [1.54, 1.807) is 0 Å². The van der Waals surface area contributed by atoms with Gasteiger partial charge in [0.2, 0.25) is 5.43 Å². The summed E-state index contributed by atoms with van der Waals surface area (Å²) in [6.45, 7) is 4.73. The van der Waals surface area contributed by atoms with Crippen molar-refractivity contribution in [3.8, 4) is 0 Å². The van der Waals surface area contributed by atoms with Crippen LogP contribution in [0.1, 0.15) is 17.5 Å². The number of aryl methyl sites for hydroxylation is 1. The largest absolute Gasteiger partial charge is 0.463 e. The maximum atomic E-state index is 12.3. The Kier molecular flexibility index (Phi) is 3.31. The summed E-state index contributed by atoms with van der Waals surface area (Å²) in [7, 11) is 0. The normalized spacial score (nSPS) is 25.0. The van der Waals surface area contributed by atoms with Gasteiger partial charge in [0.05, 0.1) is 21.7 Å². The topological polar surface area (TPSA) is 42.7 Å². The Bertz CT molecular complexity index is 770. The molecule has 21 heavy (non-hydrogen) atoms. The number of ether oxygens (including phenoxy) is 1. The van der Waals surface area contributed by atoms with E-state index in [-0.39, 0.29) is 5.43 Å². The first-order valence-corrected chi connectivity index (χ1v) is 8.26. The number of hydrogen-bond donors (Lipinski definition) is 0. The number of likely N-dealkylation sites (tertiary alicyclic amines) is 1. The smallest absolute Gasteiger partial charge is 0.206 e. The van der Waals surface area contributed by atoms with E-state index in [9.17, 15) is 4.79 Å². The van der Waals surface area contributed by atoms with Crippen LogP contribution in [0, 0.1) is 10.5 Å². The van der Waals surface area contributed by atoms with Crippen LogP contribution in [-0.4, -0.2) is 30.2 Å². The first-order valence-electron chi connectivity index (χ1n) is 7.18. The molecule has 0 amide bonds. The van der Waals surface area contributed by atoms with Crippen LogP contribution in [0.2, 0.25) is 0 Å². The highest BCUT2D eigenvalue weighted by Gasteiger charge is 2.38. The predicted molar refractivity (Wildman–Crippen MR) is 88.5 cm³/mol. The Morgan fingerprint density at radius 1 is 1.43 bits per heavy atom. The highest BCUT2D eigenvalue weighted by atomic mass is 127. The van der Waals surface area contributed by atoms with Gasteiger partial charge in [0, 0.05) is 19.1 Å². The van der Waals surface area contributed by atoms with E-state index in [2.05, 4.69) is 11.0 Å². The van der Waals surface area contributed by atoms with E-state index in [4.69, 9.17) is 9.15 Å². The van der Waals surface area contributed by atoms with E-state index in [0.717, 1.165) is 31.7 Å². The molecule has 3 heterocycles. The van der Waals surface area contributed by atoms with Crippen LogP contribution in [0.15, 0.2) is 27.6 Å². The minimum absolute atomic E-state index is 0.0630. The Balaban J connectivity index is 1.73. The zero-order chi connectivity index (χ0) is 14.6. The van der Waals surface area contributed by atoms with Gasteiger partial charge in [-0.15, -0.1) is 0 Å². The summed E-state index contributed by atoms with van der Waals surface area (Å²) in [5, 5.41) is 0.692. The van der Waals surface area contributed by atoms with Gasteiger partial charge < -0.3 is 9.15 Å². The van der Waals surface area contributed by atoms with Crippen molar-refractivity contribution in [3.63, 3.8) is 0 Å². The molecular weight excluding hydrogens is 381 g/mol. The molecule has 2 fully saturated rings. The van der Waals surface area contributed by atoms with Crippen LogP contribution in [-0.2, 0) is 11.3 Å². The van der Waals surface area contributed by atoms with Crippen LogP contribution in [0.5, 0.6) is 0 Å². The molecule has 5 heteroatoms. The van der Waals surface area contributed by atoms with Crippen LogP contribution in [0.4, 0.5) is 0 Å². The van der Waals surface area contributed by atoms with Crippen molar-refractivity contribution in [2.24, 2.45) is 0 Å². The van der Waals surface area contributed by atoms with Crippen molar-refractivity contribution in [1.29, 1.82) is 0 Å². The molecule has 2 saturated heterocycles. The SMILES string of the molecule is Cc1cc(CN2C[C@@H]3C[C@H]2CO3)cc2c(=O)c(I)coc12. The molecule has 2 aromatic rings. The number of fused-ring (bicyclic) bond motifs is 3. The van der Waals surface area contributed by atoms with Gasteiger partial charge in [0.15, 0.2) is 0 Å². The third-order valence-corrected chi connectivity index (χ3v) is 5.22. The van der Waals surface area contributed by atoms with E-state index in [0.29, 0.717) is 26.7 Å². The van der Waals surface area contributed by atoms with E-state index in [1.807, 2.05) is 35.6 Å².